The monoisotopic (exact) mass is 408 g/mol. The minimum absolute atomic E-state index is 0.0573. The molecule has 4 aliphatic carbocycles. The molecule has 30 heavy (non-hydrogen) atoms. The fourth-order valence-electron chi connectivity index (χ4n) is 7.00. The highest BCUT2D eigenvalue weighted by Gasteiger charge is 2.56. The average molecular weight is 409 g/mol. The molecule has 0 bridgehead atoms. The van der Waals surface area contributed by atoms with Gasteiger partial charge in [-0.1, -0.05) is 18.6 Å². The van der Waals surface area contributed by atoms with Crippen LogP contribution >= 0.6 is 0 Å². The number of allylic oxidation sites excluding steroid dienone is 4. The maximum Gasteiger partial charge on any atom is 0.161 e. The lowest BCUT2D eigenvalue weighted by Gasteiger charge is -2.52. The van der Waals surface area contributed by atoms with E-state index < -0.39 is 0 Å². The molecule has 0 radical (unpaired) electrons. The fraction of sp³-hybridized carbons (Fsp3) is 0.577. The van der Waals surface area contributed by atoms with Gasteiger partial charge in [-0.2, -0.15) is 0 Å². The summed E-state index contributed by atoms with van der Waals surface area (Å²) in [6, 6.07) is 6.27. The maximum atomic E-state index is 12.1. The first kappa shape index (κ1) is 19.9. The zero-order chi connectivity index (χ0) is 21.0. The Bertz CT molecular complexity index is 942. The Morgan fingerprint density at radius 1 is 1.03 bits per heavy atom. The van der Waals surface area contributed by atoms with Crippen molar-refractivity contribution < 1.29 is 19.4 Å². The van der Waals surface area contributed by atoms with Crippen molar-refractivity contribution >= 4 is 5.78 Å². The number of ether oxygens (including phenoxy) is 2. The van der Waals surface area contributed by atoms with Gasteiger partial charge in [0.1, 0.15) is 0 Å². The number of ketones is 1. The van der Waals surface area contributed by atoms with Gasteiger partial charge in [0.15, 0.2) is 17.3 Å². The Balaban J connectivity index is 1.67. The third-order valence-corrected chi connectivity index (χ3v) is 8.49. The van der Waals surface area contributed by atoms with Crippen molar-refractivity contribution in [1.29, 1.82) is 0 Å². The zero-order valence-electron chi connectivity index (χ0n) is 18.2. The summed E-state index contributed by atoms with van der Waals surface area (Å²) in [5.74, 6) is 3.04. The lowest BCUT2D eigenvalue weighted by atomic mass is 9.53. The molecule has 1 aromatic carbocycles. The van der Waals surface area contributed by atoms with E-state index in [2.05, 4.69) is 19.1 Å². The predicted molar refractivity (Wildman–Crippen MR) is 116 cm³/mol. The van der Waals surface area contributed by atoms with E-state index in [0.29, 0.717) is 18.3 Å². The van der Waals surface area contributed by atoms with Gasteiger partial charge < -0.3 is 14.6 Å². The summed E-state index contributed by atoms with van der Waals surface area (Å²) in [5, 5.41) is 11.0. The smallest absolute Gasteiger partial charge is 0.161 e. The Morgan fingerprint density at radius 3 is 2.60 bits per heavy atom. The molecule has 0 amide bonds. The maximum absolute atomic E-state index is 12.1. The molecule has 4 aliphatic rings. The molecule has 2 saturated carbocycles. The van der Waals surface area contributed by atoms with Crippen molar-refractivity contribution in [3.05, 3.63) is 46.6 Å². The van der Waals surface area contributed by atoms with Gasteiger partial charge in [0.25, 0.3) is 0 Å². The van der Waals surface area contributed by atoms with Crippen molar-refractivity contribution in [1.82, 2.24) is 0 Å². The minimum atomic E-state index is -0.235. The van der Waals surface area contributed by atoms with E-state index in [1.54, 1.807) is 19.8 Å². The summed E-state index contributed by atoms with van der Waals surface area (Å²) in [4.78, 5) is 12.1. The van der Waals surface area contributed by atoms with E-state index in [1.807, 2.05) is 12.1 Å². The van der Waals surface area contributed by atoms with Crippen LogP contribution < -0.4 is 9.47 Å². The second-order valence-electron chi connectivity index (χ2n) is 9.79. The normalized spacial score (nSPS) is 35.3. The number of benzene rings is 1. The second kappa shape index (κ2) is 7.26. The van der Waals surface area contributed by atoms with Crippen LogP contribution in [0, 0.1) is 17.3 Å². The van der Waals surface area contributed by atoms with Crippen molar-refractivity contribution in [2.45, 2.75) is 63.9 Å². The molecule has 0 aromatic heterocycles. The third kappa shape index (κ3) is 2.87. The molecule has 160 valence electrons. The van der Waals surface area contributed by atoms with Crippen LogP contribution in [0.2, 0.25) is 0 Å². The zero-order valence-corrected chi connectivity index (χ0v) is 18.2. The van der Waals surface area contributed by atoms with Gasteiger partial charge >= 0.3 is 0 Å². The summed E-state index contributed by atoms with van der Waals surface area (Å²) < 4.78 is 11.1. The summed E-state index contributed by atoms with van der Waals surface area (Å²) in [6.45, 7) is 2.31. The fourth-order valence-corrected chi connectivity index (χ4v) is 7.00. The predicted octanol–water partition coefficient (Wildman–Crippen LogP) is 4.96. The molecule has 0 saturated heterocycles. The summed E-state index contributed by atoms with van der Waals surface area (Å²) in [6.07, 6.45) is 8.21. The molecular formula is C26H32O4. The Hall–Kier alpha value is -2.07. The van der Waals surface area contributed by atoms with Crippen LogP contribution in [0.5, 0.6) is 11.5 Å². The molecule has 0 heterocycles. The van der Waals surface area contributed by atoms with Crippen LogP contribution in [0.3, 0.4) is 0 Å². The average Bonchev–Trinajstić information content (AvgIpc) is 3.06. The third-order valence-electron chi connectivity index (χ3n) is 8.49. The van der Waals surface area contributed by atoms with E-state index in [-0.39, 0.29) is 23.2 Å². The van der Waals surface area contributed by atoms with Gasteiger partial charge in [-0.25, -0.2) is 0 Å². The summed E-state index contributed by atoms with van der Waals surface area (Å²) >= 11 is 0. The van der Waals surface area contributed by atoms with Gasteiger partial charge in [0.05, 0.1) is 20.3 Å². The first-order chi connectivity index (χ1) is 14.5. The van der Waals surface area contributed by atoms with E-state index in [1.165, 1.54) is 16.7 Å². The number of fused-ring (bicyclic) bond motifs is 4. The van der Waals surface area contributed by atoms with E-state index in [0.717, 1.165) is 50.0 Å². The van der Waals surface area contributed by atoms with Gasteiger partial charge in [0.2, 0.25) is 0 Å². The van der Waals surface area contributed by atoms with Crippen LogP contribution in [-0.2, 0) is 4.79 Å². The largest absolute Gasteiger partial charge is 0.493 e. The number of hydrogen-bond acceptors (Lipinski definition) is 4. The van der Waals surface area contributed by atoms with E-state index in [9.17, 15) is 9.90 Å². The van der Waals surface area contributed by atoms with Gasteiger partial charge in [-0.05, 0) is 90.7 Å². The molecule has 5 atom stereocenters. The highest BCUT2D eigenvalue weighted by atomic mass is 16.5. The molecule has 1 N–H and O–H groups in total. The molecule has 5 rings (SSSR count). The number of aliphatic hydroxyl groups excluding tert-OH is 1. The molecule has 5 unspecified atom stereocenters. The highest BCUT2D eigenvalue weighted by molar-refractivity contribution is 5.93. The molecular weight excluding hydrogens is 376 g/mol. The van der Waals surface area contributed by atoms with Gasteiger partial charge in [0, 0.05) is 12.3 Å². The Morgan fingerprint density at radius 2 is 1.83 bits per heavy atom. The SMILES string of the molecule is COc1ccc(C2CC3(C)C(O)CCC3C3CCC4=CC(=O)CCC4=C23)cc1OC. The minimum Gasteiger partial charge on any atom is -0.493 e. The van der Waals surface area contributed by atoms with Crippen LogP contribution in [-0.4, -0.2) is 31.2 Å². The topological polar surface area (TPSA) is 55.8 Å². The highest BCUT2D eigenvalue weighted by Crippen LogP contribution is 2.64. The Labute approximate surface area is 179 Å². The van der Waals surface area contributed by atoms with Crippen molar-refractivity contribution in [3.8, 4) is 11.5 Å². The molecule has 1 aromatic rings. The summed E-state index contributed by atoms with van der Waals surface area (Å²) in [7, 11) is 3.34. The first-order valence-electron chi connectivity index (χ1n) is 11.3. The number of rotatable bonds is 3. The van der Waals surface area contributed by atoms with Crippen molar-refractivity contribution in [3.63, 3.8) is 0 Å². The number of hydrogen-bond donors (Lipinski definition) is 1. The van der Waals surface area contributed by atoms with Gasteiger partial charge in [-0.15, -0.1) is 0 Å². The Kier molecular flexibility index (Phi) is 4.81. The standard InChI is InChI=1S/C26H32O4/c1-26-14-20(16-5-10-22(29-2)23(13-16)30-3)25-18-8-6-17(27)12-15(18)4-7-19(25)21(26)9-11-24(26)28/h5,10,12-13,19-21,24,28H,4,6-9,11,14H2,1-3H3. The van der Waals surface area contributed by atoms with Crippen molar-refractivity contribution in [2.24, 2.45) is 17.3 Å². The lowest BCUT2D eigenvalue weighted by Crippen LogP contribution is -2.45. The van der Waals surface area contributed by atoms with Crippen molar-refractivity contribution in [2.75, 3.05) is 14.2 Å². The first-order valence-corrected chi connectivity index (χ1v) is 11.3. The van der Waals surface area contributed by atoms with Crippen LogP contribution in [0.15, 0.2) is 41.0 Å². The molecule has 0 spiro atoms. The number of aliphatic hydroxyl groups is 1. The van der Waals surface area contributed by atoms with Crippen LogP contribution in [0.1, 0.15) is 63.4 Å². The molecule has 2 fully saturated rings. The number of carbonyl (C=O) groups is 1. The van der Waals surface area contributed by atoms with E-state index in [4.69, 9.17) is 9.47 Å². The van der Waals surface area contributed by atoms with E-state index >= 15 is 0 Å². The summed E-state index contributed by atoms with van der Waals surface area (Å²) in [5.41, 5.74) is 5.43. The number of methoxy groups -OCH3 is 2. The quantitative estimate of drug-likeness (QED) is 0.768. The van der Waals surface area contributed by atoms with Crippen LogP contribution in [0.4, 0.5) is 0 Å². The molecule has 4 heteroatoms. The lowest BCUT2D eigenvalue weighted by molar-refractivity contribution is -0.114. The second-order valence-corrected chi connectivity index (χ2v) is 9.79. The number of carbonyl (C=O) groups excluding carboxylic acids is 1. The molecule has 4 nitrogen and oxygen atoms in total. The van der Waals surface area contributed by atoms with Crippen LogP contribution in [0.25, 0.3) is 0 Å². The van der Waals surface area contributed by atoms with Gasteiger partial charge in [-0.3, -0.25) is 4.79 Å². The molecule has 0 aliphatic heterocycles.